The number of anilines is 1. The molecule has 0 fully saturated rings. The SMILES string of the molecule is O=C(NC(F)c1cccc(C(=O)Nc2c(Br)cc(C(F)(C(F)(F)F)C(F)(F)F)cc2C(F)(F)F)c1F)c1ccccc1. The number of amides is 2. The summed E-state index contributed by atoms with van der Waals surface area (Å²) in [5.74, 6) is -4.43. The normalized spacial score (nSPS) is 13.5. The van der Waals surface area contributed by atoms with Crippen molar-refractivity contribution in [3.63, 3.8) is 0 Å². The van der Waals surface area contributed by atoms with Gasteiger partial charge in [-0.2, -0.15) is 39.5 Å². The van der Waals surface area contributed by atoms with Gasteiger partial charge in [-0.1, -0.05) is 30.3 Å². The van der Waals surface area contributed by atoms with Gasteiger partial charge < -0.3 is 10.6 Å². The van der Waals surface area contributed by atoms with E-state index in [1.165, 1.54) is 29.6 Å². The fourth-order valence-corrected chi connectivity index (χ4v) is 4.17. The number of benzene rings is 3. The van der Waals surface area contributed by atoms with Crippen molar-refractivity contribution in [3.05, 3.63) is 98.8 Å². The molecule has 0 spiro atoms. The minimum absolute atomic E-state index is 0.0317. The lowest BCUT2D eigenvalue weighted by Gasteiger charge is -2.31. The fourth-order valence-electron chi connectivity index (χ4n) is 3.61. The molecular weight excluding hydrogens is 668 g/mol. The summed E-state index contributed by atoms with van der Waals surface area (Å²) >= 11 is 2.31. The third kappa shape index (κ3) is 6.34. The molecule has 2 N–H and O–H groups in total. The largest absolute Gasteiger partial charge is 0.435 e. The molecule has 0 aliphatic carbocycles. The minimum Gasteiger partial charge on any atom is -0.320 e. The number of hydrogen-bond acceptors (Lipinski definition) is 2. The molecule has 0 aliphatic rings. The molecule has 0 aliphatic heterocycles. The van der Waals surface area contributed by atoms with Gasteiger partial charge in [0.1, 0.15) is 5.82 Å². The summed E-state index contributed by atoms with van der Waals surface area (Å²) in [4.78, 5) is 24.9. The van der Waals surface area contributed by atoms with E-state index >= 15 is 4.39 Å². The molecule has 42 heavy (non-hydrogen) atoms. The van der Waals surface area contributed by atoms with Crippen molar-refractivity contribution in [1.82, 2.24) is 5.32 Å². The van der Waals surface area contributed by atoms with Crippen LogP contribution in [0.15, 0.2) is 65.1 Å². The van der Waals surface area contributed by atoms with E-state index in [1.54, 1.807) is 11.4 Å². The molecule has 226 valence electrons. The van der Waals surface area contributed by atoms with Crippen molar-refractivity contribution in [1.29, 1.82) is 0 Å². The fraction of sp³-hybridized carbons (Fsp3) is 0.200. The van der Waals surface area contributed by atoms with Gasteiger partial charge in [-0.25, -0.2) is 13.2 Å². The molecule has 0 heterocycles. The van der Waals surface area contributed by atoms with Crippen LogP contribution in [0.1, 0.15) is 43.7 Å². The first-order valence-corrected chi connectivity index (χ1v) is 11.8. The van der Waals surface area contributed by atoms with E-state index in [4.69, 9.17) is 0 Å². The topological polar surface area (TPSA) is 58.2 Å². The average Bonchev–Trinajstić information content (AvgIpc) is 2.87. The Bertz CT molecular complexity index is 1470. The van der Waals surface area contributed by atoms with Crippen molar-refractivity contribution in [2.75, 3.05) is 5.32 Å². The van der Waals surface area contributed by atoms with Gasteiger partial charge in [0.25, 0.3) is 11.8 Å². The summed E-state index contributed by atoms with van der Waals surface area (Å²) in [5.41, 5.74) is -14.7. The van der Waals surface area contributed by atoms with Crippen LogP contribution in [0, 0.1) is 5.82 Å². The van der Waals surface area contributed by atoms with Crippen LogP contribution in [0.25, 0.3) is 0 Å². The van der Waals surface area contributed by atoms with Gasteiger partial charge in [-0.3, -0.25) is 9.59 Å². The van der Waals surface area contributed by atoms with E-state index in [2.05, 4.69) is 15.9 Å². The second-order valence-corrected chi connectivity index (χ2v) is 9.25. The molecule has 1 unspecified atom stereocenters. The molecule has 4 nitrogen and oxygen atoms in total. The molecule has 17 heteroatoms. The Morgan fingerprint density at radius 1 is 0.762 bits per heavy atom. The standard InChI is InChI=1S/C25H13BrF12N2O2/c26-16-10-12(22(29,24(33,34)35)25(36,37)38)9-15(23(30,31)32)18(16)39-21(42)14-8-4-7-13(17(14)27)19(28)40-20(41)11-5-2-1-3-6-11/h1-10,19H,(H,39,42)(H,40,41). The second-order valence-electron chi connectivity index (χ2n) is 8.40. The molecule has 3 aromatic carbocycles. The zero-order valence-electron chi connectivity index (χ0n) is 20.1. The smallest absolute Gasteiger partial charge is 0.320 e. The maximum Gasteiger partial charge on any atom is 0.435 e. The van der Waals surface area contributed by atoms with Crippen LogP contribution in [0.4, 0.5) is 58.4 Å². The predicted molar refractivity (Wildman–Crippen MR) is 126 cm³/mol. The molecule has 0 radical (unpaired) electrons. The van der Waals surface area contributed by atoms with Gasteiger partial charge in [0.15, 0.2) is 0 Å². The summed E-state index contributed by atoms with van der Waals surface area (Å²) < 4.78 is 163. The van der Waals surface area contributed by atoms with E-state index in [9.17, 15) is 57.9 Å². The number of carbonyl (C=O) groups excluding carboxylic acids is 2. The highest BCUT2D eigenvalue weighted by Crippen LogP contribution is 2.55. The van der Waals surface area contributed by atoms with Crippen molar-refractivity contribution in [2.45, 2.75) is 30.5 Å². The molecule has 3 aromatic rings. The van der Waals surface area contributed by atoms with Crippen molar-refractivity contribution < 1.29 is 62.3 Å². The number of rotatable bonds is 6. The highest BCUT2D eigenvalue weighted by molar-refractivity contribution is 9.10. The number of nitrogens with one attached hydrogen (secondary N) is 2. The van der Waals surface area contributed by atoms with Crippen molar-refractivity contribution >= 4 is 33.4 Å². The first-order valence-electron chi connectivity index (χ1n) is 11.0. The van der Waals surface area contributed by atoms with E-state index in [-0.39, 0.29) is 11.6 Å². The number of alkyl halides is 11. The molecule has 0 saturated heterocycles. The third-order valence-corrected chi connectivity index (χ3v) is 6.28. The van der Waals surface area contributed by atoms with E-state index in [0.29, 0.717) is 6.07 Å². The highest BCUT2D eigenvalue weighted by Gasteiger charge is 2.73. The summed E-state index contributed by atoms with van der Waals surface area (Å²) in [7, 11) is 0. The molecule has 0 bridgehead atoms. The lowest BCUT2D eigenvalue weighted by molar-refractivity contribution is -0.348. The Hall–Kier alpha value is -3.76. The highest BCUT2D eigenvalue weighted by atomic mass is 79.9. The second kappa shape index (κ2) is 11.5. The maximum absolute atomic E-state index is 15.1. The Balaban J connectivity index is 2.02. The van der Waals surface area contributed by atoms with Gasteiger partial charge in [0, 0.05) is 21.2 Å². The summed E-state index contributed by atoms with van der Waals surface area (Å²) in [5, 5.41) is 3.29. The minimum atomic E-state index is -6.75. The first kappa shape index (κ1) is 32.8. The number of hydrogen-bond donors (Lipinski definition) is 2. The van der Waals surface area contributed by atoms with Gasteiger partial charge in [-0.15, -0.1) is 0 Å². The Labute approximate surface area is 235 Å². The Kier molecular flexibility index (Phi) is 8.96. The summed E-state index contributed by atoms with van der Waals surface area (Å²) in [6, 6.07) is 8.24. The van der Waals surface area contributed by atoms with Crippen LogP contribution in [-0.4, -0.2) is 24.2 Å². The molecule has 3 rings (SSSR count). The van der Waals surface area contributed by atoms with Crippen LogP contribution in [0.5, 0.6) is 0 Å². The Morgan fingerprint density at radius 2 is 1.33 bits per heavy atom. The monoisotopic (exact) mass is 680 g/mol. The predicted octanol–water partition coefficient (Wildman–Crippen LogP) is 8.55. The molecule has 0 aromatic heterocycles. The quantitative estimate of drug-likeness (QED) is 0.203. The molecule has 2 amide bonds. The molecule has 1 atom stereocenters. The average molecular weight is 681 g/mol. The first-order chi connectivity index (χ1) is 19.2. The summed E-state index contributed by atoms with van der Waals surface area (Å²) in [6.07, 6.45) is -21.9. The van der Waals surface area contributed by atoms with Crippen LogP contribution in [0.2, 0.25) is 0 Å². The molecule has 0 saturated carbocycles. The lowest BCUT2D eigenvalue weighted by atomic mass is 9.92. The lowest BCUT2D eigenvalue weighted by Crippen LogP contribution is -2.50. The zero-order valence-corrected chi connectivity index (χ0v) is 21.7. The van der Waals surface area contributed by atoms with Gasteiger partial charge >= 0.3 is 24.2 Å². The third-order valence-electron chi connectivity index (χ3n) is 5.65. The van der Waals surface area contributed by atoms with E-state index in [1.807, 2.05) is 0 Å². The van der Waals surface area contributed by atoms with Crippen LogP contribution >= 0.6 is 15.9 Å². The van der Waals surface area contributed by atoms with E-state index < -0.39 is 86.6 Å². The van der Waals surface area contributed by atoms with Gasteiger partial charge in [0.05, 0.1) is 16.8 Å². The van der Waals surface area contributed by atoms with Crippen LogP contribution in [0.3, 0.4) is 0 Å². The number of carbonyl (C=O) groups is 2. The number of halogens is 13. The van der Waals surface area contributed by atoms with E-state index in [0.717, 1.165) is 12.1 Å². The van der Waals surface area contributed by atoms with Crippen LogP contribution in [-0.2, 0) is 11.8 Å². The Morgan fingerprint density at radius 3 is 1.86 bits per heavy atom. The molecular formula is C25H13BrF12N2O2. The van der Waals surface area contributed by atoms with Crippen molar-refractivity contribution in [3.8, 4) is 0 Å². The van der Waals surface area contributed by atoms with Gasteiger partial charge in [0.2, 0.25) is 6.30 Å². The summed E-state index contributed by atoms with van der Waals surface area (Å²) in [6.45, 7) is 0. The van der Waals surface area contributed by atoms with Gasteiger partial charge in [-0.05, 0) is 46.3 Å². The van der Waals surface area contributed by atoms with Crippen LogP contribution < -0.4 is 10.6 Å². The van der Waals surface area contributed by atoms with Crippen molar-refractivity contribution in [2.24, 2.45) is 0 Å². The zero-order chi connectivity index (χ0) is 31.8. The maximum atomic E-state index is 15.1.